The number of nitrogens with zero attached hydrogens (tertiary/aromatic N) is 2. The van der Waals surface area contributed by atoms with Crippen LogP contribution in [0.5, 0.6) is 0 Å². The molecule has 2 atom stereocenters. The molecule has 0 aromatic carbocycles. The Kier molecular flexibility index (Phi) is 4.32. The van der Waals surface area contributed by atoms with Crippen molar-refractivity contribution in [1.29, 1.82) is 5.26 Å². The number of pyridine rings is 1. The van der Waals surface area contributed by atoms with Gasteiger partial charge in [-0.2, -0.15) is 5.26 Å². The van der Waals surface area contributed by atoms with Crippen LogP contribution >= 0.6 is 15.9 Å². The standard InChI is InChI=1S/C13H14BrN3O/c14-11-3-1-2-10(11)8-17-13(18)12-5-4-9(6-15)7-16-12/h4-5,7,10-11H,1-3,8H2,(H,17,18). The summed E-state index contributed by atoms with van der Waals surface area (Å²) in [4.78, 5) is 16.3. The van der Waals surface area contributed by atoms with E-state index in [1.165, 1.54) is 19.0 Å². The highest BCUT2D eigenvalue weighted by Gasteiger charge is 2.25. The lowest BCUT2D eigenvalue weighted by Gasteiger charge is -2.14. The summed E-state index contributed by atoms with van der Waals surface area (Å²) in [5, 5.41) is 11.5. The van der Waals surface area contributed by atoms with Crippen LogP contribution in [0.3, 0.4) is 0 Å². The number of halogens is 1. The third-order valence-corrected chi connectivity index (χ3v) is 4.42. The zero-order chi connectivity index (χ0) is 13.0. The molecule has 0 saturated heterocycles. The summed E-state index contributed by atoms with van der Waals surface area (Å²) >= 11 is 3.63. The molecule has 94 valence electrons. The lowest BCUT2D eigenvalue weighted by molar-refractivity contribution is 0.0943. The summed E-state index contributed by atoms with van der Waals surface area (Å²) < 4.78 is 0. The van der Waals surface area contributed by atoms with E-state index >= 15 is 0 Å². The van der Waals surface area contributed by atoms with Gasteiger partial charge in [0.2, 0.25) is 0 Å². The first kappa shape index (κ1) is 13.0. The second-order valence-corrected chi connectivity index (χ2v) is 5.64. The fourth-order valence-corrected chi connectivity index (χ4v) is 2.91. The van der Waals surface area contributed by atoms with Crippen LogP contribution in [0.15, 0.2) is 18.3 Å². The molecule has 0 aliphatic heterocycles. The fraction of sp³-hybridized carbons (Fsp3) is 0.462. The van der Waals surface area contributed by atoms with Crippen LogP contribution in [-0.4, -0.2) is 22.3 Å². The highest BCUT2D eigenvalue weighted by molar-refractivity contribution is 9.09. The van der Waals surface area contributed by atoms with E-state index in [2.05, 4.69) is 26.2 Å². The molecule has 0 spiro atoms. The highest BCUT2D eigenvalue weighted by Crippen LogP contribution is 2.30. The van der Waals surface area contributed by atoms with E-state index in [4.69, 9.17) is 5.26 Å². The number of alkyl halides is 1. The van der Waals surface area contributed by atoms with Gasteiger partial charge in [0.1, 0.15) is 11.8 Å². The van der Waals surface area contributed by atoms with Gasteiger partial charge in [-0.3, -0.25) is 4.79 Å². The molecule has 5 heteroatoms. The van der Waals surface area contributed by atoms with E-state index in [9.17, 15) is 4.79 Å². The summed E-state index contributed by atoms with van der Waals surface area (Å²) in [5.74, 6) is 0.332. The average Bonchev–Trinajstić information content (AvgIpc) is 2.81. The maximum Gasteiger partial charge on any atom is 0.269 e. The van der Waals surface area contributed by atoms with Gasteiger partial charge in [0.15, 0.2) is 0 Å². The van der Waals surface area contributed by atoms with Crippen molar-refractivity contribution in [2.75, 3.05) is 6.54 Å². The number of nitriles is 1. The van der Waals surface area contributed by atoms with Gasteiger partial charge in [-0.1, -0.05) is 22.4 Å². The van der Waals surface area contributed by atoms with Crippen molar-refractivity contribution in [3.05, 3.63) is 29.6 Å². The van der Waals surface area contributed by atoms with Gasteiger partial charge in [0.25, 0.3) is 5.91 Å². The minimum absolute atomic E-state index is 0.175. The van der Waals surface area contributed by atoms with Crippen LogP contribution < -0.4 is 5.32 Å². The Morgan fingerprint density at radius 3 is 2.94 bits per heavy atom. The van der Waals surface area contributed by atoms with E-state index in [0.717, 1.165) is 6.42 Å². The molecular formula is C13H14BrN3O. The SMILES string of the molecule is N#Cc1ccc(C(=O)NCC2CCCC2Br)nc1. The number of nitrogens with one attached hydrogen (secondary N) is 1. The van der Waals surface area contributed by atoms with Crippen LogP contribution in [-0.2, 0) is 0 Å². The van der Waals surface area contributed by atoms with Gasteiger partial charge in [-0.05, 0) is 30.9 Å². The van der Waals surface area contributed by atoms with E-state index in [0.29, 0.717) is 28.5 Å². The molecule has 1 N–H and O–H groups in total. The third kappa shape index (κ3) is 3.08. The molecule has 1 aromatic heterocycles. The molecule has 2 unspecified atom stereocenters. The summed E-state index contributed by atoms with van der Waals surface area (Å²) in [6, 6.07) is 5.15. The van der Waals surface area contributed by atoms with Crippen molar-refractivity contribution < 1.29 is 4.79 Å². The number of carbonyl (C=O) groups is 1. The zero-order valence-electron chi connectivity index (χ0n) is 9.90. The first-order valence-corrected chi connectivity index (χ1v) is 6.90. The second-order valence-electron chi connectivity index (χ2n) is 4.46. The number of amides is 1. The predicted octanol–water partition coefficient (Wildman–Crippen LogP) is 2.25. The van der Waals surface area contributed by atoms with Crippen LogP contribution in [0.2, 0.25) is 0 Å². The fourth-order valence-electron chi connectivity index (χ4n) is 2.13. The van der Waals surface area contributed by atoms with Crippen molar-refractivity contribution in [2.24, 2.45) is 5.92 Å². The maximum absolute atomic E-state index is 11.8. The Hall–Kier alpha value is -1.41. The van der Waals surface area contributed by atoms with Crippen LogP contribution in [0.4, 0.5) is 0 Å². The Morgan fingerprint density at radius 2 is 2.39 bits per heavy atom. The van der Waals surface area contributed by atoms with Gasteiger partial charge < -0.3 is 5.32 Å². The molecule has 1 amide bonds. The number of aromatic nitrogens is 1. The predicted molar refractivity (Wildman–Crippen MR) is 71.3 cm³/mol. The Balaban J connectivity index is 1.89. The molecule has 1 aliphatic rings. The van der Waals surface area contributed by atoms with Crippen LogP contribution in [0, 0.1) is 17.2 Å². The first-order valence-electron chi connectivity index (χ1n) is 5.99. The maximum atomic E-state index is 11.8. The Labute approximate surface area is 115 Å². The smallest absolute Gasteiger partial charge is 0.269 e. The molecule has 18 heavy (non-hydrogen) atoms. The molecule has 2 rings (SSSR count). The summed E-state index contributed by atoms with van der Waals surface area (Å²) in [5.41, 5.74) is 0.820. The molecule has 1 heterocycles. The summed E-state index contributed by atoms with van der Waals surface area (Å²) in [7, 11) is 0. The van der Waals surface area contributed by atoms with Gasteiger partial charge in [-0.15, -0.1) is 0 Å². The Bertz CT molecular complexity index is 466. The van der Waals surface area contributed by atoms with Crippen molar-refractivity contribution in [1.82, 2.24) is 10.3 Å². The van der Waals surface area contributed by atoms with Gasteiger partial charge in [-0.25, -0.2) is 4.98 Å². The average molecular weight is 308 g/mol. The van der Waals surface area contributed by atoms with Crippen molar-refractivity contribution >= 4 is 21.8 Å². The molecule has 1 fully saturated rings. The van der Waals surface area contributed by atoms with E-state index in [1.54, 1.807) is 12.1 Å². The Morgan fingerprint density at radius 1 is 1.56 bits per heavy atom. The minimum Gasteiger partial charge on any atom is -0.350 e. The number of rotatable bonds is 3. The van der Waals surface area contributed by atoms with Gasteiger partial charge >= 0.3 is 0 Å². The summed E-state index contributed by atoms with van der Waals surface area (Å²) in [6.07, 6.45) is 4.95. The molecule has 1 aliphatic carbocycles. The van der Waals surface area contributed by atoms with Gasteiger partial charge in [0, 0.05) is 17.6 Å². The van der Waals surface area contributed by atoms with E-state index in [-0.39, 0.29) is 5.91 Å². The first-order chi connectivity index (χ1) is 8.70. The van der Waals surface area contributed by atoms with E-state index < -0.39 is 0 Å². The van der Waals surface area contributed by atoms with Crippen molar-refractivity contribution in [3.63, 3.8) is 0 Å². The minimum atomic E-state index is -0.175. The van der Waals surface area contributed by atoms with Crippen molar-refractivity contribution in [2.45, 2.75) is 24.1 Å². The molecular weight excluding hydrogens is 294 g/mol. The van der Waals surface area contributed by atoms with E-state index in [1.807, 2.05) is 6.07 Å². The molecule has 0 bridgehead atoms. The number of carbonyl (C=O) groups excluding carboxylic acids is 1. The van der Waals surface area contributed by atoms with Crippen LogP contribution in [0.25, 0.3) is 0 Å². The van der Waals surface area contributed by atoms with Gasteiger partial charge in [0.05, 0.1) is 5.56 Å². The molecule has 4 nitrogen and oxygen atoms in total. The zero-order valence-corrected chi connectivity index (χ0v) is 11.5. The topological polar surface area (TPSA) is 65.8 Å². The lowest BCUT2D eigenvalue weighted by Crippen LogP contribution is -2.31. The third-order valence-electron chi connectivity index (χ3n) is 3.22. The lowest BCUT2D eigenvalue weighted by atomic mass is 10.1. The molecule has 1 saturated carbocycles. The molecule has 0 radical (unpaired) electrons. The largest absolute Gasteiger partial charge is 0.350 e. The molecule has 1 aromatic rings. The summed E-state index contributed by atoms with van der Waals surface area (Å²) in [6.45, 7) is 0.677. The second kappa shape index (κ2) is 5.96. The normalized spacial score (nSPS) is 22.4. The highest BCUT2D eigenvalue weighted by atomic mass is 79.9. The van der Waals surface area contributed by atoms with Crippen molar-refractivity contribution in [3.8, 4) is 6.07 Å². The monoisotopic (exact) mass is 307 g/mol. The van der Waals surface area contributed by atoms with Crippen LogP contribution in [0.1, 0.15) is 35.3 Å². The quantitative estimate of drug-likeness (QED) is 0.871. The number of hydrogen-bond donors (Lipinski definition) is 1. The number of hydrogen-bond acceptors (Lipinski definition) is 3.